The molecule has 3 aromatic rings. The Hall–Kier alpha value is -3.42. The molecule has 5 atom stereocenters. The maximum absolute atomic E-state index is 12.7. The number of aliphatic hydroxyl groups excluding tert-OH is 1. The number of thioether (sulfide) groups is 1. The van der Waals surface area contributed by atoms with Crippen molar-refractivity contribution in [2.45, 2.75) is 63.9 Å². The van der Waals surface area contributed by atoms with E-state index in [1.807, 2.05) is 66.7 Å². The molecular formula is C35H37N3O3S. The number of aliphatic hydroxyl groups is 1. The second-order valence-electron chi connectivity index (χ2n) is 12.6. The molecule has 4 aliphatic rings. The number of carbonyl (C=O) groups excluding carboxylic acids is 1. The minimum absolute atomic E-state index is 0.0124. The van der Waals surface area contributed by atoms with Gasteiger partial charge in [-0.1, -0.05) is 73.3 Å². The minimum Gasteiger partial charge on any atom is -0.508 e. The van der Waals surface area contributed by atoms with Crippen molar-refractivity contribution in [3.63, 3.8) is 0 Å². The van der Waals surface area contributed by atoms with Crippen molar-refractivity contribution in [1.82, 2.24) is 0 Å². The van der Waals surface area contributed by atoms with E-state index in [1.54, 1.807) is 4.90 Å². The van der Waals surface area contributed by atoms with Gasteiger partial charge in [-0.15, -0.1) is 5.10 Å². The summed E-state index contributed by atoms with van der Waals surface area (Å²) in [6.45, 7) is 2.31. The van der Waals surface area contributed by atoms with Crippen LogP contribution < -0.4 is 4.90 Å². The Labute approximate surface area is 251 Å². The molecule has 0 radical (unpaired) electrons. The molecule has 7 heteroatoms. The van der Waals surface area contributed by atoms with Gasteiger partial charge in [0.25, 0.3) is 0 Å². The van der Waals surface area contributed by atoms with Gasteiger partial charge in [0.05, 0.1) is 23.3 Å². The zero-order chi connectivity index (χ0) is 28.8. The molecule has 0 bridgehead atoms. The summed E-state index contributed by atoms with van der Waals surface area (Å²) < 4.78 is 0. The van der Waals surface area contributed by atoms with Crippen molar-refractivity contribution >= 4 is 34.2 Å². The second kappa shape index (κ2) is 11.0. The van der Waals surface area contributed by atoms with Gasteiger partial charge >= 0.3 is 0 Å². The summed E-state index contributed by atoms with van der Waals surface area (Å²) in [6.07, 6.45) is 6.53. The van der Waals surface area contributed by atoms with Crippen LogP contribution in [0.25, 0.3) is 0 Å². The fourth-order valence-electron chi connectivity index (χ4n) is 8.15. The number of fused-ring (bicyclic) bond motifs is 5. The molecule has 1 aliphatic heterocycles. The first-order valence-corrected chi connectivity index (χ1v) is 16.1. The van der Waals surface area contributed by atoms with Crippen LogP contribution in [0.15, 0.2) is 83.0 Å². The summed E-state index contributed by atoms with van der Waals surface area (Å²) in [4.78, 5) is 14.4. The van der Waals surface area contributed by atoms with Crippen LogP contribution in [-0.4, -0.2) is 38.9 Å². The molecule has 6 nitrogen and oxygen atoms in total. The van der Waals surface area contributed by atoms with Crippen molar-refractivity contribution in [1.29, 1.82) is 0 Å². The van der Waals surface area contributed by atoms with Crippen molar-refractivity contribution in [2.75, 3.05) is 10.7 Å². The topological polar surface area (TPSA) is 85.5 Å². The molecule has 1 heterocycles. The lowest BCUT2D eigenvalue weighted by Gasteiger charge is -2.50. The molecule has 216 valence electrons. The Balaban J connectivity index is 1.22. The summed E-state index contributed by atoms with van der Waals surface area (Å²) in [7, 11) is 0. The van der Waals surface area contributed by atoms with Gasteiger partial charge in [-0.3, -0.25) is 9.69 Å². The highest BCUT2D eigenvalue weighted by Gasteiger charge is 2.54. The van der Waals surface area contributed by atoms with Gasteiger partial charge in [-0.05, 0) is 96.6 Å². The van der Waals surface area contributed by atoms with E-state index in [0.29, 0.717) is 40.8 Å². The molecule has 0 spiro atoms. The van der Waals surface area contributed by atoms with Crippen molar-refractivity contribution in [2.24, 2.45) is 27.5 Å². The molecule has 3 fully saturated rings. The van der Waals surface area contributed by atoms with Gasteiger partial charge in [0.15, 0.2) is 5.17 Å². The lowest BCUT2D eigenvalue weighted by molar-refractivity contribution is -0.115. The number of rotatable bonds is 5. The molecule has 0 aromatic heterocycles. The maximum atomic E-state index is 12.7. The number of anilines is 1. The zero-order valence-corrected chi connectivity index (χ0v) is 24.8. The molecule has 3 aliphatic carbocycles. The molecule has 2 N–H and O–H groups in total. The van der Waals surface area contributed by atoms with Crippen LogP contribution in [-0.2, 0) is 17.6 Å². The van der Waals surface area contributed by atoms with E-state index in [-0.39, 0.29) is 17.4 Å². The van der Waals surface area contributed by atoms with E-state index in [9.17, 15) is 15.0 Å². The summed E-state index contributed by atoms with van der Waals surface area (Å²) in [5, 5.41) is 31.9. The third-order valence-corrected chi connectivity index (χ3v) is 11.3. The van der Waals surface area contributed by atoms with Crippen LogP contribution >= 0.6 is 11.8 Å². The highest BCUT2D eigenvalue weighted by molar-refractivity contribution is 8.15. The first kappa shape index (κ1) is 27.4. The average molecular weight is 580 g/mol. The molecule has 42 heavy (non-hydrogen) atoms. The van der Waals surface area contributed by atoms with Crippen LogP contribution in [0.5, 0.6) is 5.75 Å². The number of aryl methyl sites for hydroxylation is 1. The monoisotopic (exact) mass is 579 g/mol. The van der Waals surface area contributed by atoms with Gasteiger partial charge < -0.3 is 10.2 Å². The Bertz CT molecular complexity index is 1560. The summed E-state index contributed by atoms with van der Waals surface area (Å²) in [5.74, 6) is 2.23. The minimum atomic E-state index is -0.183. The molecule has 3 aromatic carbocycles. The first-order valence-electron chi connectivity index (χ1n) is 15.2. The largest absolute Gasteiger partial charge is 0.508 e. The van der Waals surface area contributed by atoms with Gasteiger partial charge in [-0.25, -0.2) is 0 Å². The third-order valence-electron chi connectivity index (χ3n) is 10.4. The zero-order valence-electron chi connectivity index (χ0n) is 23.9. The third kappa shape index (κ3) is 4.77. The molecule has 1 amide bonds. The number of para-hydroxylation sites is 1. The number of amides is 1. The van der Waals surface area contributed by atoms with E-state index in [4.69, 9.17) is 5.10 Å². The number of hydrogen-bond acceptors (Lipinski definition) is 6. The molecular weight excluding hydrogens is 542 g/mol. The fraction of sp³-hybridized carbons (Fsp3) is 0.400. The van der Waals surface area contributed by atoms with Crippen LogP contribution in [0.1, 0.15) is 67.2 Å². The van der Waals surface area contributed by atoms with Crippen LogP contribution in [0.2, 0.25) is 0 Å². The predicted octanol–water partition coefficient (Wildman–Crippen LogP) is 6.69. The number of hydrogen-bond donors (Lipinski definition) is 2. The van der Waals surface area contributed by atoms with E-state index in [2.05, 4.69) is 18.1 Å². The Morgan fingerprint density at radius 1 is 1.02 bits per heavy atom. The van der Waals surface area contributed by atoms with E-state index < -0.39 is 0 Å². The quantitative estimate of drug-likeness (QED) is 0.260. The number of benzene rings is 3. The number of aromatic hydroxyl groups is 1. The average Bonchev–Trinajstić information content (AvgIpc) is 3.54. The van der Waals surface area contributed by atoms with E-state index in [0.717, 1.165) is 61.1 Å². The van der Waals surface area contributed by atoms with Gasteiger partial charge in [0.2, 0.25) is 5.91 Å². The number of phenolic OH excluding ortho intramolecular Hbond substituents is 1. The molecule has 0 unspecified atom stereocenters. The van der Waals surface area contributed by atoms with E-state index in [1.165, 1.54) is 22.9 Å². The summed E-state index contributed by atoms with van der Waals surface area (Å²) in [6, 6.07) is 23.7. The summed E-state index contributed by atoms with van der Waals surface area (Å²) >= 11 is 1.39. The van der Waals surface area contributed by atoms with Crippen LogP contribution in [0, 0.1) is 17.3 Å². The lowest BCUT2D eigenvalue weighted by Crippen LogP contribution is -2.43. The number of phenols is 1. The van der Waals surface area contributed by atoms with Crippen LogP contribution in [0.3, 0.4) is 0 Å². The standard InChI is InChI=1S/C35H37N3O3S/c1-35-17-16-26-27(29(35)14-15-32(35)40)13-12-23-20-31(39)24(18-28(23)26)19-30(22-8-4-2-5-9-22)36-37-34-38(33(41)21-42-34)25-10-6-3-7-11-25/h2-11,18,20,26-27,29,32,39-40H,12-17,19,21H2,1H3/b36-30-,37-34-/t26-,27+,29-,32-,35-/m0/s1. The van der Waals surface area contributed by atoms with Crippen LogP contribution in [0.4, 0.5) is 5.69 Å². The fourth-order valence-corrected chi connectivity index (χ4v) is 8.96. The first-order chi connectivity index (χ1) is 20.4. The SMILES string of the molecule is C[C@]12CC[C@@H]3c4cc(C/C(=N/N=C5\SCC(=O)N5c5ccccc5)c5ccccc5)c(O)cc4CC[C@H]3[C@@H]1CC[C@@H]2O. The molecule has 2 saturated carbocycles. The summed E-state index contributed by atoms with van der Waals surface area (Å²) in [5.41, 5.74) is 5.98. The van der Waals surface area contributed by atoms with Gasteiger partial charge in [0, 0.05) is 12.0 Å². The van der Waals surface area contributed by atoms with E-state index >= 15 is 0 Å². The highest BCUT2D eigenvalue weighted by atomic mass is 32.2. The Morgan fingerprint density at radius 3 is 2.57 bits per heavy atom. The lowest BCUT2D eigenvalue weighted by atomic mass is 9.55. The molecule has 1 saturated heterocycles. The maximum Gasteiger partial charge on any atom is 0.243 e. The second-order valence-corrected chi connectivity index (χ2v) is 13.5. The normalized spacial score (nSPS) is 29.9. The highest BCUT2D eigenvalue weighted by Crippen LogP contribution is 2.61. The smallest absolute Gasteiger partial charge is 0.243 e. The van der Waals surface area contributed by atoms with Crippen molar-refractivity contribution < 1.29 is 15.0 Å². The Morgan fingerprint density at radius 2 is 1.79 bits per heavy atom. The Kier molecular flexibility index (Phi) is 7.19. The number of carbonyl (C=O) groups is 1. The van der Waals surface area contributed by atoms with Crippen molar-refractivity contribution in [3.8, 4) is 5.75 Å². The number of amidine groups is 1. The van der Waals surface area contributed by atoms with Gasteiger partial charge in [-0.2, -0.15) is 5.10 Å². The predicted molar refractivity (Wildman–Crippen MR) is 169 cm³/mol. The molecule has 7 rings (SSSR count). The number of nitrogens with zero attached hydrogens (tertiary/aromatic N) is 3. The van der Waals surface area contributed by atoms with Gasteiger partial charge in [0.1, 0.15) is 5.75 Å². The van der Waals surface area contributed by atoms with Crippen molar-refractivity contribution in [3.05, 3.63) is 95.1 Å².